The van der Waals surface area contributed by atoms with Crippen molar-refractivity contribution in [1.29, 1.82) is 0 Å². The molecule has 0 amide bonds. The molecule has 162 valence electrons. The highest BCUT2D eigenvalue weighted by Gasteiger charge is 2.20. The predicted octanol–water partition coefficient (Wildman–Crippen LogP) is 3.15. The van der Waals surface area contributed by atoms with Gasteiger partial charge >= 0.3 is 12.0 Å². The molecular weight excluding hydrogens is 430 g/mol. The third kappa shape index (κ3) is 5.68. The van der Waals surface area contributed by atoms with Crippen molar-refractivity contribution in [3.8, 4) is 6.01 Å². The summed E-state index contributed by atoms with van der Waals surface area (Å²) in [5.41, 5.74) is 3.04. The van der Waals surface area contributed by atoms with E-state index in [1.54, 1.807) is 26.0 Å². The van der Waals surface area contributed by atoms with E-state index in [1.807, 2.05) is 0 Å². The molecule has 11 heteroatoms. The van der Waals surface area contributed by atoms with Crippen LogP contribution in [0.15, 0.2) is 12.1 Å². The van der Waals surface area contributed by atoms with Crippen LogP contribution in [0.2, 0.25) is 5.02 Å². The van der Waals surface area contributed by atoms with Crippen molar-refractivity contribution in [2.75, 3.05) is 43.3 Å². The average molecular weight is 454 g/mol. The summed E-state index contributed by atoms with van der Waals surface area (Å²) in [5.74, 6) is -0.532. The number of ether oxygens (including phenoxy) is 2. The van der Waals surface area contributed by atoms with Crippen LogP contribution in [0.4, 0.5) is 17.1 Å². The van der Waals surface area contributed by atoms with Gasteiger partial charge < -0.3 is 30.5 Å². The highest BCUT2D eigenvalue weighted by atomic mass is 35.5. The number of methoxy groups -OCH3 is 2. The van der Waals surface area contributed by atoms with Crippen molar-refractivity contribution >= 4 is 52.0 Å². The normalized spacial score (nSPS) is 10.3. The van der Waals surface area contributed by atoms with Crippen LogP contribution in [0.3, 0.4) is 0 Å². The van der Waals surface area contributed by atoms with Crippen LogP contribution in [-0.2, 0) is 4.74 Å². The van der Waals surface area contributed by atoms with E-state index in [4.69, 9.17) is 38.4 Å². The number of thiocarbonyl (C=S) groups is 1. The first-order valence-electron chi connectivity index (χ1n) is 9.05. The maximum Gasteiger partial charge on any atom is 0.340 e. The third-order valence-corrected chi connectivity index (χ3v) is 4.63. The van der Waals surface area contributed by atoms with Gasteiger partial charge in [0, 0.05) is 13.2 Å². The SMILES string of the molecule is COC(=O)c1ccc(Cl)c(NC(=S)Nc2c(C)nc(OC)nc2C)c1NCCCO. The Hall–Kier alpha value is -2.69. The third-order valence-electron chi connectivity index (χ3n) is 4.11. The number of anilines is 3. The molecule has 0 aliphatic carbocycles. The van der Waals surface area contributed by atoms with Crippen molar-refractivity contribution in [3.05, 3.63) is 34.1 Å². The lowest BCUT2D eigenvalue weighted by Crippen LogP contribution is -2.23. The molecule has 2 aromatic rings. The number of hydrogen-bond acceptors (Lipinski definition) is 8. The number of carbonyl (C=O) groups is 1. The van der Waals surface area contributed by atoms with E-state index < -0.39 is 5.97 Å². The lowest BCUT2D eigenvalue weighted by Gasteiger charge is -2.20. The molecule has 0 saturated carbocycles. The summed E-state index contributed by atoms with van der Waals surface area (Å²) in [6, 6.07) is 3.39. The number of halogens is 1. The quantitative estimate of drug-likeness (QED) is 0.269. The number of benzene rings is 1. The molecule has 0 unspecified atom stereocenters. The first-order chi connectivity index (χ1) is 14.3. The van der Waals surface area contributed by atoms with Crippen LogP contribution in [0.5, 0.6) is 6.01 Å². The van der Waals surface area contributed by atoms with Crippen molar-refractivity contribution in [1.82, 2.24) is 9.97 Å². The summed E-state index contributed by atoms with van der Waals surface area (Å²) in [6.07, 6.45) is 0.483. The lowest BCUT2D eigenvalue weighted by atomic mass is 10.1. The van der Waals surface area contributed by atoms with Gasteiger partial charge in [0.05, 0.1) is 53.3 Å². The molecule has 0 fully saturated rings. The number of aryl methyl sites for hydroxylation is 2. The predicted molar refractivity (Wildman–Crippen MR) is 121 cm³/mol. The Balaban J connectivity index is 2.34. The fraction of sp³-hybridized carbons (Fsp3) is 0.368. The van der Waals surface area contributed by atoms with Crippen LogP contribution in [0.1, 0.15) is 28.2 Å². The van der Waals surface area contributed by atoms with Gasteiger partial charge in [0.2, 0.25) is 0 Å². The molecule has 0 bridgehead atoms. The minimum Gasteiger partial charge on any atom is -0.467 e. The smallest absolute Gasteiger partial charge is 0.340 e. The van der Waals surface area contributed by atoms with Gasteiger partial charge in [-0.25, -0.2) is 4.79 Å². The topological polar surface area (TPSA) is 118 Å². The number of esters is 1. The molecule has 0 radical (unpaired) electrons. The van der Waals surface area contributed by atoms with E-state index in [0.29, 0.717) is 46.4 Å². The molecule has 30 heavy (non-hydrogen) atoms. The average Bonchev–Trinajstić information content (AvgIpc) is 2.72. The molecule has 0 saturated heterocycles. The molecule has 1 aromatic carbocycles. The number of aliphatic hydroxyl groups is 1. The van der Waals surface area contributed by atoms with Gasteiger partial charge in [-0.3, -0.25) is 0 Å². The Labute approximate surface area is 185 Å². The Morgan fingerprint density at radius 1 is 1.13 bits per heavy atom. The van der Waals surface area contributed by atoms with Crippen molar-refractivity contribution in [3.63, 3.8) is 0 Å². The summed E-state index contributed by atoms with van der Waals surface area (Å²) in [5, 5.41) is 18.8. The zero-order chi connectivity index (χ0) is 22.3. The Morgan fingerprint density at radius 3 is 2.33 bits per heavy atom. The van der Waals surface area contributed by atoms with Gasteiger partial charge in [-0.05, 0) is 44.6 Å². The molecule has 0 atom stereocenters. The van der Waals surface area contributed by atoms with Crippen LogP contribution in [0.25, 0.3) is 0 Å². The Bertz CT molecular complexity index is 918. The number of aliphatic hydroxyl groups excluding tert-OH is 1. The minimum absolute atomic E-state index is 0.000123. The molecule has 9 nitrogen and oxygen atoms in total. The molecular formula is C19H24ClN5O4S. The van der Waals surface area contributed by atoms with Gasteiger partial charge in [0.1, 0.15) is 0 Å². The molecule has 1 aromatic heterocycles. The van der Waals surface area contributed by atoms with E-state index >= 15 is 0 Å². The second-order valence-electron chi connectivity index (χ2n) is 6.18. The number of nitrogens with zero attached hydrogens (tertiary/aromatic N) is 2. The van der Waals surface area contributed by atoms with E-state index in [1.165, 1.54) is 14.2 Å². The fourth-order valence-electron chi connectivity index (χ4n) is 2.67. The second kappa shape index (κ2) is 10.9. The fourth-order valence-corrected chi connectivity index (χ4v) is 3.08. The molecule has 0 aliphatic rings. The number of rotatable bonds is 8. The van der Waals surface area contributed by atoms with Gasteiger partial charge in [0.15, 0.2) is 5.11 Å². The molecule has 1 heterocycles. The van der Waals surface area contributed by atoms with Crippen molar-refractivity contribution in [2.24, 2.45) is 0 Å². The maximum absolute atomic E-state index is 12.2. The van der Waals surface area contributed by atoms with Crippen LogP contribution < -0.4 is 20.7 Å². The molecule has 4 N–H and O–H groups in total. The Morgan fingerprint density at radius 2 is 1.77 bits per heavy atom. The standard InChI is InChI=1S/C19H24ClN5O4S/c1-10-14(11(2)23-18(22-10)29-4)24-19(30)25-16-13(20)7-6-12(17(27)28-3)15(16)21-8-5-9-26/h6-7,21,26H,5,8-9H2,1-4H3,(H2,24,25,30). The van der Waals surface area contributed by atoms with E-state index in [0.717, 1.165) is 0 Å². The number of carbonyl (C=O) groups excluding carboxylic acids is 1. The van der Waals surface area contributed by atoms with Crippen molar-refractivity contribution in [2.45, 2.75) is 20.3 Å². The van der Waals surface area contributed by atoms with Crippen molar-refractivity contribution < 1.29 is 19.4 Å². The maximum atomic E-state index is 12.2. The van der Waals surface area contributed by atoms with E-state index in [9.17, 15) is 4.79 Å². The molecule has 2 rings (SSSR count). The zero-order valence-electron chi connectivity index (χ0n) is 17.1. The first-order valence-corrected chi connectivity index (χ1v) is 9.83. The largest absolute Gasteiger partial charge is 0.467 e. The second-order valence-corrected chi connectivity index (χ2v) is 6.99. The lowest BCUT2D eigenvalue weighted by molar-refractivity contribution is 0.0602. The zero-order valence-corrected chi connectivity index (χ0v) is 18.7. The highest BCUT2D eigenvalue weighted by molar-refractivity contribution is 7.80. The summed E-state index contributed by atoms with van der Waals surface area (Å²) in [7, 11) is 2.79. The number of nitrogens with one attached hydrogen (secondary N) is 3. The van der Waals surface area contributed by atoms with E-state index in [-0.39, 0.29) is 23.3 Å². The van der Waals surface area contributed by atoms with Gasteiger partial charge in [0.25, 0.3) is 0 Å². The molecule has 0 spiro atoms. The monoisotopic (exact) mass is 453 g/mol. The van der Waals surface area contributed by atoms with E-state index in [2.05, 4.69) is 25.9 Å². The summed E-state index contributed by atoms with van der Waals surface area (Å²) in [6.45, 7) is 4.02. The summed E-state index contributed by atoms with van der Waals surface area (Å²) >= 11 is 11.8. The van der Waals surface area contributed by atoms with Gasteiger partial charge in [-0.1, -0.05) is 11.6 Å². The summed E-state index contributed by atoms with van der Waals surface area (Å²) < 4.78 is 9.93. The molecule has 0 aliphatic heterocycles. The first kappa shape index (κ1) is 23.6. The van der Waals surface area contributed by atoms with Gasteiger partial charge in [-0.2, -0.15) is 9.97 Å². The number of aromatic nitrogens is 2. The minimum atomic E-state index is -0.532. The summed E-state index contributed by atoms with van der Waals surface area (Å²) in [4.78, 5) is 20.7. The van der Waals surface area contributed by atoms with Crippen LogP contribution in [0, 0.1) is 13.8 Å². The Kier molecular flexibility index (Phi) is 8.58. The highest BCUT2D eigenvalue weighted by Crippen LogP contribution is 2.34. The van der Waals surface area contributed by atoms with Gasteiger partial charge in [-0.15, -0.1) is 0 Å². The van der Waals surface area contributed by atoms with Crippen LogP contribution in [-0.4, -0.2) is 53.5 Å². The van der Waals surface area contributed by atoms with Crippen LogP contribution >= 0.6 is 23.8 Å². The number of hydrogen-bond donors (Lipinski definition) is 4.